The van der Waals surface area contributed by atoms with E-state index in [1.54, 1.807) is 17.5 Å². The molecule has 0 spiro atoms. The van der Waals surface area contributed by atoms with Crippen molar-refractivity contribution in [2.45, 2.75) is 13.5 Å². The number of benzene rings is 2. The summed E-state index contributed by atoms with van der Waals surface area (Å²) in [6.45, 7) is 2.74. The minimum atomic E-state index is 0.517. The Morgan fingerprint density at radius 1 is 1.04 bits per heavy atom. The third-order valence-electron chi connectivity index (χ3n) is 4.08. The first kappa shape index (κ1) is 15.6. The number of hydrogen-bond acceptors (Lipinski definition) is 5. The Balaban J connectivity index is 1.58. The first-order valence-electron chi connectivity index (χ1n) is 8.10. The van der Waals surface area contributed by atoms with Gasteiger partial charge in [0.05, 0.1) is 20.9 Å². The van der Waals surface area contributed by atoms with E-state index in [9.17, 15) is 0 Å². The van der Waals surface area contributed by atoms with Crippen LogP contribution in [0.2, 0.25) is 0 Å². The largest absolute Gasteiger partial charge is 0.382 e. The average Bonchev–Trinajstić information content (AvgIpc) is 3.00. The molecule has 0 saturated heterocycles. The van der Waals surface area contributed by atoms with Crippen LogP contribution in [0.5, 0.6) is 0 Å². The number of aryl methyl sites for hydroxylation is 1. The number of hydrogen-bond donors (Lipinski definition) is 2. The van der Waals surface area contributed by atoms with Crippen LogP contribution in [0, 0.1) is 6.92 Å². The average molecular weight is 346 g/mol. The van der Waals surface area contributed by atoms with Crippen molar-refractivity contribution < 1.29 is 0 Å². The molecule has 124 valence electrons. The van der Waals surface area contributed by atoms with Crippen LogP contribution >= 0.6 is 11.3 Å². The Morgan fingerprint density at radius 3 is 2.80 bits per heavy atom. The number of nitrogen functional groups attached to an aromatic ring is 1. The normalized spacial score (nSPS) is 10.9. The molecule has 0 saturated carbocycles. The molecule has 5 heteroatoms. The molecule has 3 N–H and O–H groups in total. The second-order valence-electron chi connectivity index (χ2n) is 5.91. The summed E-state index contributed by atoms with van der Waals surface area (Å²) in [6, 6.07) is 18.8. The van der Waals surface area contributed by atoms with E-state index in [0.717, 1.165) is 16.2 Å². The fourth-order valence-corrected chi connectivity index (χ4v) is 3.65. The van der Waals surface area contributed by atoms with Gasteiger partial charge in [0, 0.05) is 12.7 Å². The van der Waals surface area contributed by atoms with Crippen LogP contribution in [0.4, 0.5) is 11.5 Å². The first-order valence-corrected chi connectivity index (χ1v) is 8.91. The molecular weight excluding hydrogens is 328 g/mol. The monoisotopic (exact) mass is 346 g/mol. The maximum atomic E-state index is 5.88. The number of aromatic nitrogens is 2. The van der Waals surface area contributed by atoms with Crippen molar-refractivity contribution in [3.05, 3.63) is 71.4 Å². The Labute approximate surface area is 150 Å². The van der Waals surface area contributed by atoms with Gasteiger partial charge in [-0.05, 0) is 53.9 Å². The fraction of sp³-hybridized carbons (Fsp3) is 0.100. The molecule has 0 radical (unpaired) electrons. The smallest absolute Gasteiger partial charge is 0.146 e. The molecule has 2 aromatic carbocycles. The molecule has 0 aliphatic carbocycles. The maximum absolute atomic E-state index is 5.88. The van der Waals surface area contributed by atoms with Gasteiger partial charge in [0.1, 0.15) is 5.82 Å². The molecule has 0 atom stereocenters. The summed E-state index contributed by atoms with van der Waals surface area (Å²) in [5.74, 6) is 0.517. The van der Waals surface area contributed by atoms with Crippen LogP contribution < -0.4 is 11.1 Å². The standard InChI is InChI=1S/C20H18N4S/c1-13-24-18-11-16(7-8-19(18)25-13)15-5-2-4-14(10-15)12-23-17-6-3-9-22-20(17)21/h2-11,23H,12H2,1H3,(H2,21,22). The number of rotatable bonds is 4. The Morgan fingerprint density at radius 2 is 1.92 bits per heavy atom. The van der Waals surface area contributed by atoms with E-state index < -0.39 is 0 Å². The fourth-order valence-electron chi connectivity index (χ4n) is 2.85. The topological polar surface area (TPSA) is 63.8 Å². The van der Waals surface area contributed by atoms with Gasteiger partial charge >= 0.3 is 0 Å². The predicted octanol–water partition coefficient (Wildman–Crippen LogP) is 4.86. The van der Waals surface area contributed by atoms with Gasteiger partial charge in [0.15, 0.2) is 0 Å². The molecular formula is C20H18N4S. The van der Waals surface area contributed by atoms with Crippen LogP contribution in [-0.4, -0.2) is 9.97 Å². The van der Waals surface area contributed by atoms with Gasteiger partial charge in [-0.3, -0.25) is 0 Å². The van der Waals surface area contributed by atoms with Gasteiger partial charge in [0.25, 0.3) is 0 Å². The number of nitrogens with one attached hydrogen (secondary N) is 1. The third kappa shape index (κ3) is 3.32. The first-order chi connectivity index (χ1) is 12.2. The highest BCUT2D eigenvalue weighted by molar-refractivity contribution is 7.18. The molecule has 0 aliphatic heterocycles. The lowest BCUT2D eigenvalue weighted by Gasteiger charge is -2.10. The summed E-state index contributed by atoms with van der Waals surface area (Å²) in [5, 5.41) is 4.44. The third-order valence-corrected chi connectivity index (χ3v) is 5.03. The number of anilines is 2. The highest BCUT2D eigenvalue weighted by Gasteiger charge is 2.05. The van der Waals surface area contributed by atoms with Crippen molar-refractivity contribution in [2.75, 3.05) is 11.1 Å². The highest BCUT2D eigenvalue weighted by atomic mass is 32.1. The summed E-state index contributed by atoms with van der Waals surface area (Å²) < 4.78 is 1.23. The van der Waals surface area contributed by atoms with E-state index >= 15 is 0 Å². The highest BCUT2D eigenvalue weighted by Crippen LogP contribution is 2.28. The predicted molar refractivity (Wildman–Crippen MR) is 106 cm³/mol. The summed E-state index contributed by atoms with van der Waals surface area (Å²) in [7, 11) is 0. The van der Waals surface area contributed by atoms with E-state index in [1.807, 2.05) is 19.1 Å². The molecule has 0 bridgehead atoms. The number of thiazole rings is 1. The minimum Gasteiger partial charge on any atom is -0.382 e. The van der Waals surface area contributed by atoms with Crippen molar-refractivity contribution in [1.29, 1.82) is 0 Å². The minimum absolute atomic E-state index is 0.517. The van der Waals surface area contributed by atoms with Gasteiger partial charge in [-0.2, -0.15) is 0 Å². The van der Waals surface area contributed by atoms with E-state index in [1.165, 1.54) is 21.4 Å². The van der Waals surface area contributed by atoms with Crippen molar-refractivity contribution in [3.63, 3.8) is 0 Å². The molecule has 2 aromatic heterocycles. The van der Waals surface area contributed by atoms with E-state index in [2.05, 4.69) is 57.7 Å². The molecule has 0 fully saturated rings. The lowest BCUT2D eigenvalue weighted by Crippen LogP contribution is -2.03. The van der Waals surface area contributed by atoms with Crippen LogP contribution in [0.25, 0.3) is 21.3 Å². The maximum Gasteiger partial charge on any atom is 0.146 e. The summed E-state index contributed by atoms with van der Waals surface area (Å²) in [4.78, 5) is 8.69. The van der Waals surface area contributed by atoms with Crippen molar-refractivity contribution in [1.82, 2.24) is 9.97 Å². The Bertz CT molecular complexity index is 1040. The van der Waals surface area contributed by atoms with Crippen LogP contribution in [0.3, 0.4) is 0 Å². The molecule has 4 rings (SSSR count). The molecule has 0 amide bonds. The van der Waals surface area contributed by atoms with E-state index in [-0.39, 0.29) is 0 Å². The van der Waals surface area contributed by atoms with Gasteiger partial charge in [-0.15, -0.1) is 11.3 Å². The number of nitrogens with two attached hydrogens (primary N) is 1. The van der Waals surface area contributed by atoms with Gasteiger partial charge in [-0.25, -0.2) is 9.97 Å². The number of fused-ring (bicyclic) bond motifs is 1. The van der Waals surface area contributed by atoms with Gasteiger partial charge in [-0.1, -0.05) is 24.3 Å². The molecule has 2 heterocycles. The van der Waals surface area contributed by atoms with Crippen molar-refractivity contribution >= 4 is 33.1 Å². The second kappa shape index (κ2) is 6.53. The van der Waals surface area contributed by atoms with Crippen LogP contribution in [0.1, 0.15) is 10.6 Å². The molecule has 25 heavy (non-hydrogen) atoms. The van der Waals surface area contributed by atoms with Gasteiger partial charge in [0.2, 0.25) is 0 Å². The zero-order valence-corrected chi connectivity index (χ0v) is 14.7. The lowest BCUT2D eigenvalue weighted by molar-refractivity contribution is 1.14. The molecule has 0 aliphatic rings. The molecule has 0 unspecified atom stereocenters. The van der Waals surface area contributed by atoms with Crippen molar-refractivity contribution in [3.8, 4) is 11.1 Å². The zero-order chi connectivity index (χ0) is 17.2. The lowest BCUT2D eigenvalue weighted by atomic mass is 10.0. The second-order valence-corrected chi connectivity index (χ2v) is 7.14. The van der Waals surface area contributed by atoms with Gasteiger partial charge < -0.3 is 11.1 Å². The van der Waals surface area contributed by atoms with E-state index in [4.69, 9.17) is 5.73 Å². The van der Waals surface area contributed by atoms with Crippen LogP contribution in [0.15, 0.2) is 60.8 Å². The summed E-state index contributed by atoms with van der Waals surface area (Å²) in [6.07, 6.45) is 1.69. The quantitative estimate of drug-likeness (QED) is 0.554. The molecule has 4 aromatic rings. The molecule has 4 nitrogen and oxygen atoms in total. The van der Waals surface area contributed by atoms with Crippen LogP contribution in [-0.2, 0) is 6.54 Å². The van der Waals surface area contributed by atoms with E-state index in [0.29, 0.717) is 12.4 Å². The summed E-state index contributed by atoms with van der Waals surface area (Å²) in [5.41, 5.74) is 11.4. The Hall–Kier alpha value is -2.92. The SMILES string of the molecule is Cc1nc2cc(-c3cccc(CNc4cccnc4N)c3)ccc2s1. The Kier molecular flexibility index (Phi) is 4.07. The number of pyridine rings is 1. The number of nitrogens with zero attached hydrogens (tertiary/aromatic N) is 2. The zero-order valence-electron chi connectivity index (χ0n) is 13.9. The van der Waals surface area contributed by atoms with Crippen molar-refractivity contribution in [2.24, 2.45) is 0 Å². The summed E-state index contributed by atoms with van der Waals surface area (Å²) >= 11 is 1.73.